The van der Waals surface area contributed by atoms with Crippen molar-refractivity contribution in [2.45, 2.75) is 13.8 Å². The number of rotatable bonds is 1. The van der Waals surface area contributed by atoms with Crippen LogP contribution in [0.15, 0.2) is 12.3 Å². The third kappa shape index (κ3) is 2.06. The lowest BCUT2D eigenvalue weighted by molar-refractivity contribution is -0.111. The number of amides is 1. The number of nitrogens with one attached hydrogen (secondary N) is 1. The molecule has 13 heavy (non-hydrogen) atoms. The Kier molecular flexibility index (Phi) is 2.65. The minimum Gasteiger partial charge on any atom is -0.315 e. The van der Waals surface area contributed by atoms with Gasteiger partial charge >= 0.3 is 0 Å². The summed E-state index contributed by atoms with van der Waals surface area (Å²) in [6, 6.07) is 1.72. The number of hydrogen-bond acceptors (Lipinski definition) is 2. The summed E-state index contributed by atoms with van der Waals surface area (Å²) < 4.78 is 0. The van der Waals surface area contributed by atoms with Crippen LogP contribution < -0.4 is 5.32 Å². The molecule has 0 atom stereocenters. The molecular weight excluding hydrogens is 164 g/mol. The average Bonchev–Trinajstić information content (AvgIpc) is 2.13. The largest absolute Gasteiger partial charge is 0.315 e. The number of carbonyl (C=O) groups is 1. The highest BCUT2D eigenvalue weighted by Crippen LogP contribution is 2.15. The molecule has 0 fully saturated rings. The van der Waals surface area contributed by atoms with Crippen LogP contribution in [0, 0.1) is 26.2 Å². The van der Waals surface area contributed by atoms with Gasteiger partial charge in [-0.2, -0.15) is 0 Å². The van der Waals surface area contributed by atoms with Crippen LogP contribution in [-0.4, -0.2) is 10.9 Å². The van der Waals surface area contributed by atoms with Crippen molar-refractivity contribution in [2.75, 3.05) is 5.32 Å². The number of pyridine rings is 1. The number of anilines is 1. The van der Waals surface area contributed by atoms with E-state index in [0.717, 1.165) is 16.9 Å². The first-order chi connectivity index (χ1) is 6.15. The fourth-order valence-electron chi connectivity index (χ4n) is 0.934. The van der Waals surface area contributed by atoms with Crippen LogP contribution >= 0.6 is 0 Å². The van der Waals surface area contributed by atoms with Crippen molar-refractivity contribution in [1.29, 1.82) is 0 Å². The van der Waals surface area contributed by atoms with Crippen molar-refractivity contribution in [1.82, 2.24) is 4.98 Å². The van der Waals surface area contributed by atoms with Crippen LogP contribution in [0.2, 0.25) is 0 Å². The van der Waals surface area contributed by atoms with Crippen molar-refractivity contribution in [3.05, 3.63) is 23.5 Å². The maximum absolute atomic E-state index is 10.9. The highest BCUT2D eigenvalue weighted by molar-refractivity contribution is 6.03. The number of aryl methyl sites for hydroxylation is 1. The van der Waals surface area contributed by atoms with Crippen molar-refractivity contribution < 1.29 is 4.79 Å². The van der Waals surface area contributed by atoms with E-state index in [9.17, 15) is 4.79 Å². The zero-order valence-electron chi connectivity index (χ0n) is 7.59. The van der Waals surface area contributed by atoms with E-state index in [0.29, 0.717) is 0 Å². The first-order valence-electron chi connectivity index (χ1n) is 3.85. The van der Waals surface area contributed by atoms with Gasteiger partial charge in [-0.1, -0.05) is 0 Å². The summed E-state index contributed by atoms with van der Waals surface area (Å²) in [6.45, 7) is 3.76. The smallest absolute Gasteiger partial charge is 0.300 e. The van der Waals surface area contributed by atoms with E-state index in [-0.39, 0.29) is 0 Å². The maximum atomic E-state index is 10.9. The summed E-state index contributed by atoms with van der Waals surface area (Å²) in [6.07, 6.45) is 6.56. The predicted octanol–water partition coefficient (Wildman–Crippen LogP) is 1.27. The van der Waals surface area contributed by atoms with Gasteiger partial charge < -0.3 is 5.32 Å². The third-order valence-electron chi connectivity index (χ3n) is 1.84. The molecule has 0 aliphatic rings. The summed E-state index contributed by atoms with van der Waals surface area (Å²) in [5, 5.41) is 2.59. The average molecular weight is 174 g/mol. The molecule has 0 aliphatic carbocycles. The molecule has 1 aromatic rings. The van der Waals surface area contributed by atoms with Gasteiger partial charge in [0.1, 0.15) is 0 Å². The molecule has 1 rings (SSSR count). The Morgan fingerprint density at radius 3 is 2.92 bits per heavy atom. The van der Waals surface area contributed by atoms with Crippen molar-refractivity contribution in [3.8, 4) is 12.3 Å². The molecular formula is C10H10N2O. The molecule has 1 heterocycles. The van der Waals surface area contributed by atoms with E-state index in [4.69, 9.17) is 6.42 Å². The predicted molar refractivity (Wildman–Crippen MR) is 51.2 cm³/mol. The van der Waals surface area contributed by atoms with Crippen LogP contribution in [-0.2, 0) is 4.79 Å². The second-order valence-electron chi connectivity index (χ2n) is 2.67. The van der Waals surface area contributed by atoms with Gasteiger partial charge in [0.25, 0.3) is 5.91 Å². The Morgan fingerprint density at radius 2 is 2.31 bits per heavy atom. The molecule has 0 aliphatic heterocycles. The lowest BCUT2D eigenvalue weighted by atomic mass is 10.2. The van der Waals surface area contributed by atoms with E-state index < -0.39 is 5.91 Å². The van der Waals surface area contributed by atoms with Crippen molar-refractivity contribution >= 4 is 11.6 Å². The van der Waals surface area contributed by atoms with Crippen LogP contribution in [0.5, 0.6) is 0 Å². The fourth-order valence-corrected chi connectivity index (χ4v) is 0.934. The second-order valence-corrected chi connectivity index (χ2v) is 2.67. The van der Waals surface area contributed by atoms with E-state index >= 15 is 0 Å². The first-order valence-corrected chi connectivity index (χ1v) is 3.85. The van der Waals surface area contributed by atoms with Gasteiger partial charge in [-0.15, -0.1) is 6.42 Å². The first kappa shape index (κ1) is 9.27. The fraction of sp³-hybridized carbons (Fsp3) is 0.200. The van der Waals surface area contributed by atoms with Crippen LogP contribution in [0.25, 0.3) is 0 Å². The normalized spacial score (nSPS) is 9.00. The minimum absolute atomic E-state index is 0.436. The molecule has 3 nitrogen and oxygen atoms in total. The molecule has 0 radical (unpaired) electrons. The van der Waals surface area contributed by atoms with Gasteiger partial charge in [-0.25, -0.2) is 0 Å². The Balaban J connectivity index is 2.97. The van der Waals surface area contributed by atoms with Crippen LogP contribution in [0.4, 0.5) is 5.69 Å². The quantitative estimate of drug-likeness (QED) is 0.651. The van der Waals surface area contributed by atoms with Gasteiger partial charge in [0.15, 0.2) is 0 Å². The molecule has 0 saturated heterocycles. The summed E-state index contributed by atoms with van der Waals surface area (Å²) in [4.78, 5) is 14.9. The summed E-state index contributed by atoms with van der Waals surface area (Å²) in [7, 11) is 0. The SMILES string of the molecule is C#CC(=O)Nc1ccnc(C)c1C. The second kappa shape index (κ2) is 3.72. The lowest BCUT2D eigenvalue weighted by Gasteiger charge is -2.06. The monoisotopic (exact) mass is 174 g/mol. The Morgan fingerprint density at radius 1 is 1.62 bits per heavy atom. The van der Waals surface area contributed by atoms with E-state index in [1.54, 1.807) is 12.3 Å². The molecule has 1 aromatic heterocycles. The number of hydrogen-bond donors (Lipinski definition) is 1. The van der Waals surface area contributed by atoms with Crippen LogP contribution in [0.3, 0.4) is 0 Å². The maximum Gasteiger partial charge on any atom is 0.300 e. The van der Waals surface area contributed by atoms with Crippen LogP contribution in [0.1, 0.15) is 11.3 Å². The Labute approximate surface area is 77.2 Å². The number of carbonyl (C=O) groups excluding carboxylic acids is 1. The molecule has 3 heteroatoms. The molecule has 66 valence electrons. The molecule has 1 N–H and O–H groups in total. The lowest BCUT2D eigenvalue weighted by Crippen LogP contribution is -2.09. The van der Waals surface area contributed by atoms with E-state index in [1.807, 2.05) is 19.8 Å². The highest BCUT2D eigenvalue weighted by atomic mass is 16.1. The number of aromatic nitrogens is 1. The van der Waals surface area contributed by atoms with E-state index in [2.05, 4.69) is 10.3 Å². The number of terminal acetylenes is 1. The highest BCUT2D eigenvalue weighted by Gasteiger charge is 2.03. The van der Waals surface area contributed by atoms with E-state index in [1.165, 1.54) is 0 Å². The Bertz CT molecular complexity index is 377. The topological polar surface area (TPSA) is 42.0 Å². The molecule has 0 unspecified atom stereocenters. The minimum atomic E-state index is -0.436. The van der Waals surface area contributed by atoms with Gasteiger partial charge in [0, 0.05) is 17.6 Å². The zero-order valence-corrected chi connectivity index (χ0v) is 7.59. The number of nitrogens with zero attached hydrogens (tertiary/aromatic N) is 1. The van der Waals surface area contributed by atoms with Crippen molar-refractivity contribution in [3.63, 3.8) is 0 Å². The van der Waals surface area contributed by atoms with Gasteiger partial charge in [0.05, 0.1) is 0 Å². The van der Waals surface area contributed by atoms with Gasteiger partial charge in [-0.3, -0.25) is 9.78 Å². The van der Waals surface area contributed by atoms with Crippen molar-refractivity contribution in [2.24, 2.45) is 0 Å². The third-order valence-corrected chi connectivity index (χ3v) is 1.84. The summed E-state index contributed by atoms with van der Waals surface area (Å²) >= 11 is 0. The van der Waals surface area contributed by atoms with Gasteiger partial charge in [-0.05, 0) is 31.4 Å². The summed E-state index contributed by atoms with van der Waals surface area (Å²) in [5.41, 5.74) is 2.54. The molecule has 0 aromatic carbocycles. The Hall–Kier alpha value is -1.82. The standard InChI is InChI=1S/C10H10N2O/c1-4-10(13)12-9-5-6-11-8(3)7(9)2/h1,5-6H,2-3H3,(H,11,12,13). The molecule has 1 amide bonds. The van der Waals surface area contributed by atoms with Gasteiger partial charge in [0.2, 0.25) is 0 Å². The molecule has 0 saturated carbocycles. The molecule has 0 spiro atoms. The zero-order chi connectivity index (χ0) is 9.84. The summed E-state index contributed by atoms with van der Waals surface area (Å²) in [5.74, 6) is 1.55. The molecule has 0 bridgehead atoms.